The van der Waals surface area contributed by atoms with Crippen molar-refractivity contribution < 1.29 is 19.4 Å². The van der Waals surface area contributed by atoms with Crippen LogP contribution in [0.4, 0.5) is 0 Å². The molecule has 0 fully saturated rings. The number of amides is 1. The van der Waals surface area contributed by atoms with E-state index in [9.17, 15) is 4.79 Å². The maximum Gasteiger partial charge on any atom is 0.266 e. The van der Waals surface area contributed by atoms with Gasteiger partial charge in [-0.15, -0.1) is 6.58 Å². The van der Waals surface area contributed by atoms with E-state index in [-0.39, 0.29) is 12.5 Å². The zero-order valence-electron chi connectivity index (χ0n) is 20.4. The first-order valence-corrected chi connectivity index (χ1v) is 12.9. The Bertz CT molecular complexity index is 1220. The van der Waals surface area contributed by atoms with Crippen LogP contribution in [-0.4, -0.2) is 42.2 Å². The second kappa shape index (κ2) is 12.7. The van der Waals surface area contributed by atoms with Crippen molar-refractivity contribution in [1.29, 1.82) is 0 Å². The lowest BCUT2D eigenvalue weighted by molar-refractivity contribution is -0.129. The summed E-state index contributed by atoms with van der Waals surface area (Å²) >= 11 is 3.48. The number of halogens is 1. The van der Waals surface area contributed by atoms with Gasteiger partial charge in [0.05, 0.1) is 6.61 Å². The van der Waals surface area contributed by atoms with Crippen LogP contribution in [0.25, 0.3) is 0 Å². The second-order valence-corrected chi connectivity index (χ2v) is 9.54. The third kappa shape index (κ3) is 6.46. The molecule has 4 rings (SSSR count). The van der Waals surface area contributed by atoms with E-state index >= 15 is 0 Å². The molecule has 192 valence electrons. The Balaban J connectivity index is 1.74. The number of ether oxygens (including phenoxy) is 2. The number of aliphatic hydroxyl groups is 1. The minimum atomic E-state index is -1.27. The topological polar surface area (TPSA) is 92.2 Å². The van der Waals surface area contributed by atoms with Gasteiger partial charge in [-0.3, -0.25) is 10.2 Å². The molecule has 1 amide bonds. The van der Waals surface area contributed by atoms with Gasteiger partial charge in [0.2, 0.25) is 5.90 Å². The van der Waals surface area contributed by atoms with E-state index in [2.05, 4.69) is 33.4 Å². The molecule has 0 aliphatic carbocycles. The monoisotopic (exact) mass is 563 g/mol. The first-order valence-electron chi connectivity index (χ1n) is 12.1. The molecule has 0 aromatic heterocycles. The van der Waals surface area contributed by atoms with E-state index in [1.54, 1.807) is 6.08 Å². The first kappa shape index (κ1) is 26.6. The molecule has 0 saturated heterocycles. The summed E-state index contributed by atoms with van der Waals surface area (Å²) in [6, 6.07) is 24.9. The Morgan fingerprint density at radius 1 is 1.11 bits per heavy atom. The predicted molar refractivity (Wildman–Crippen MR) is 147 cm³/mol. The molecule has 7 nitrogen and oxygen atoms in total. The van der Waals surface area contributed by atoms with Gasteiger partial charge in [0.25, 0.3) is 5.91 Å². The highest BCUT2D eigenvalue weighted by atomic mass is 79.9. The van der Waals surface area contributed by atoms with Crippen molar-refractivity contribution >= 4 is 27.7 Å². The Hall–Kier alpha value is -3.46. The van der Waals surface area contributed by atoms with Gasteiger partial charge in [0.1, 0.15) is 5.75 Å². The molecule has 3 N–H and O–H groups in total. The summed E-state index contributed by atoms with van der Waals surface area (Å²) in [4.78, 5) is 18.8. The number of carbonyl (C=O) groups excluding carboxylic acids is 1. The van der Waals surface area contributed by atoms with Gasteiger partial charge in [-0.05, 0) is 47.5 Å². The summed E-state index contributed by atoms with van der Waals surface area (Å²) in [6.45, 7) is 4.61. The predicted octanol–water partition coefficient (Wildman–Crippen LogP) is 4.52. The van der Waals surface area contributed by atoms with Gasteiger partial charge in [0, 0.05) is 36.0 Å². The van der Waals surface area contributed by atoms with Crippen LogP contribution in [0.5, 0.6) is 5.75 Å². The number of hydrogen-bond acceptors (Lipinski definition) is 6. The fourth-order valence-electron chi connectivity index (χ4n) is 4.14. The summed E-state index contributed by atoms with van der Waals surface area (Å²) < 4.78 is 13.1. The molecule has 1 heterocycles. The van der Waals surface area contributed by atoms with Gasteiger partial charge < -0.3 is 14.6 Å². The summed E-state index contributed by atoms with van der Waals surface area (Å²) in [6.07, 6.45) is 1.90. The molecule has 0 radical (unpaired) electrons. The van der Waals surface area contributed by atoms with Crippen molar-refractivity contribution in [1.82, 2.24) is 10.9 Å². The second-order valence-electron chi connectivity index (χ2n) is 8.63. The Morgan fingerprint density at radius 2 is 1.84 bits per heavy atom. The normalized spacial score (nSPS) is 18.5. The Labute approximate surface area is 225 Å². The molecule has 0 bridgehead atoms. The number of hydrazine groups is 1. The van der Waals surface area contributed by atoms with E-state index in [0.717, 1.165) is 21.2 Å². The molecule has 1 aliphatic rings. The average molecular weight is 564 g/mol. The Kier molecular flexibility index (Phi) is 9.11. The van der Waals surface area contributed by atoms with Gasteiger partial charge in [-0.25, -0.2) is 10.4 Å². The van der Waals surface area contributed by atoms with Crippen LogP contribution in [0.2, 0.25) is 0 Å². The SMILES string of the molecule is C=CCNNC(=O)[C@@]1(Cc2ccc(Br)cc2)N=C(c2ccc(OCCCO)cc2)O[C@H]1c1ccccc1. The highest BCUT2D eigenvalue weighted by Crippen LogP contribution is 2.42. The van der Waals surface area contributed by atoms with Crippen LogP contribution >= 0.6 is 15.9 Å². The van der Waals surface area contributed by atoms with Gasteiger partial charge in [-0.1, -0.05) is 64.5 Å². The number of carbonyl (C=O) groups is 1. The van der Waals surface area contributed by atoms with Crippen molar-refractivity contribution in [2.75, 3.05) is 19.8 Å². The molecule has 3 aromatic carbocycles. The van der Waals surface area contributed by atoms with Crippen molar-refractivity contribution in [2.24, 2.45) is 4.99 Å². The van der Waals surface area contributed by atoms with Crippen LogP contribution in [0.1, 0.15) is 29.2 Å². The summed E-state index contributed by atoms with van der Waals surface area (Å²) in [7, 11) is 0. The fourth-order valence-corrected chi connectivity index (χ4v) is 4.40. The molecule has 3 aromatic rings. The third-order valence-electron chi connectivity index (χ3n) is 5.97. The minimum Gasteiger partial charge on any atom is -0.494 e. The van der Waals surface area contributed by atoms with Crippen LogP contribution in [0.3, 0.4) is 0 Å². The third-order valence-corrected chi connectivity index (χ3v) is 6.50. The van der Waals surface area contributed by atoms with Crippen LogP contribution in [0, 0.1) is 0 Å². The number of rotatable bonds is 12. The first-order chi connectivity index (χ1) is 18.1. The minimum absolute atomic E-state index is 0.0772. The zero-order valence-corrected chi connectivity index (χ0v) is 22.0. The Morgan fingerprint density at radius 3 is 2.51 bits per heavy atom. The lowest BCUT2D eigenvalue weighted by atomic mass is 9.82. The van der Waals surface area contributed by atoms with Crippen molar-refractivity contribution in [3.05, 3.63) is 113 Å². The molecular formula is C29H30BrN3O4. The molecule has 8 heteroatoms. The van der Waals surface area contributed by atoms with Crippen LogP contribution < -0.4 is 15.6 Å². The summed E-state index contributed by atoms with van der Waals surface area (Å²) in [5.74, 6) is 0.764. The molecule has 1 aliphatic heterocycles. The number of hydrogen-bond donors (Lipinski definition) is 3. The quantitative estimate of drug-likeness (QED) is 0.171. The molecule has 2 atom stereocenters. The number of benzene rings is 3. The van der Waals surface area contributed by atoms with Crippen molar-refractivity contribution in [3.63, 3.8) is 0 Å². The summed E-state index contributed by atoms with van der Waals surface area (Å²) in [5.41, 5.74) is 6.98. The highest BCUT2D eigenvalue weighted by Gasteiger charge is 2.53. The number of aliphatic hydroxyl groups excluding tert-OH is 1. The fraction of sp³-hybridized carbons (Fsp3) is 0.241. The summed E-state index contributed by atoms with van der Waals surface area (Å²) in [5, 5.41) is 8.98. The molecular weight excluding hydrogens is 534 g/mol. The number of nitrogens with one attached hydrogen (secondary N) is 2. The standard InChI is InChI=1S/C29H30BrN3O4/c1-2-17-31-33-28(35)29(20-21-9-13-24(30)14-10-21)26(22-7-4-3-5-8-22)37-27(32-29)23-11-15-25(16-12-23)36-19-6-18-34/h2-5,7-16,26,31,34H,1,6,17-20H2,(H,33,35)/t26-,29-/m0/s1. The van der Waals surface area contributed by atoms with Crippen molar-refractivity contribution in [3.8, 4) is 5.75 Å². The lowest BCUT2D eigenvalue weighted by Crippen LogP contribution is -2.54. The van der Waals surface area contributed by atoms with E-state index in [1.807, 2.05) is 78.9 Å². The van der Waals surface area contributed by atoms with E-state index in [1.165, 1.54) is 0 Å². The largest absolute Gasteiger partial charge is 0.494 e. The van der Waals surface area contributed by atoms with Gasteiger partial charge in [0.15, 0.2) is 11.6 Å². The van der Waals surface area contributed by atoms with E-state index in [0.29, 0.717) is 37.6 Å². The zero-order chi connectivity index (χ0) is 26.1. The maximum absolute atomic E-state index is 13.8. The van der Waals surface area contributed by atoms with Crippen LogP contribution in [-0.2, 0) is 16.0 Å². The molecule has 0 unspecified atom stereocenters. The number of aliphatic imine (C=N–C) groups is 1. The van der Waals surface area contributed by atoms with Gasteiger partial charge in [-0.2, -0.15) is 0 Å². The van der Waals surface area contributed by atoms with Gasteiger partial charge >= 0.3 is 0 Å². The van der Waals surface area contributed by atoms with Crippen LogP contribution in [0.15, 0.2) is 101 Å². The van der Waals surface area contributed by atoms with E-state index in [4.69, 9.17) is 19.6 Å². The lowest BCUT2D eigenvalue weighted by Gasteiger charge is -2.30. The highest BCUT2D eigenvalue weighted by molar-refractivity contribution is 9.10. The molecule has 0 spiro atoms. The maximum atomic E-state index is 13.8. The smallest absolute Gasteiger partial charge is 0.266 e. The average Bonchev–Trinajstić information content (AvgIpc) is 3.31. The van der Waals surface area contributed by atoms with E-state index < -0.39 is 11.6 Å². The van der Waals surface area contributed by atoms with Crippen molar-refractivity contribution in [2.45, 2.75) is 24.5 Å². The molecule has 37 heavy (non-hydrogen) atoms. The molecule has 0 saturated carbocycles. The number of nitrogens with zero attached hydrogens (tertiary/aromatic N) is 1.